The predicted octanol–water partition coefficient (Wildman–Crippen LogP) is 1.19. The summed E-state index contributed by atoms with van der Waals surface area (Å²) in [6.45, 7) is 11.8. The average Bonchev–Trinajstić information content (AvgIpc) is 3.44. The first-order valence-corrected chi connectivity index (χ1v) is 12.0. The number of rotatable bonds is 8. The van der Waals surface area contributed by atoms with Crippen LogP contribution in [0.5, 0.6) is 0 Å². The van der Waals surface area contributed by atoms with Crippen LogP contribution in [0.1, 0.15) is 63.1 Å². The summed E-state index contributed by atoms with van der Waals surface area (Å²) in [7, 11) is 0. The van der Waals surface area contributed by atoms with Crippen molar-refractivity contribution in [2.45, 2.75) is 63.2 Å². The zero-order valence-corrected chi connectivity index (χ0v) is 18.1. The van der Waals surface area contributed by atoms with Crippen molar-refractivity contribution < 1.29 is 14.2 Å². The maximum Gasteiger partial charge on any atom is 0.191 e. The summed E-state index contributed by atoms with van der Waals surface area (Å²) in [5, 5.41) is 10.4. The number of aromatic nitrogens is 3. The van der Waals surface area contributed by atoms with E-state index in [1.54, 1.807) is 16.1 Å². The molecule has 28 heavy (non-hydrogen) atoms. The molecule has 4 rings (SSSR count). The largest absolute Gasteiger partial charge is 0.463 e. The molecule has 154 valence electrons. The highest BCUT2D eigenvalue weighted by Gasteiger charge is 2.30. The molecule has 1 unspecified atom stereocenters. The van der Waals surface area contributed by atoms with Gasteiger partial charge >= 0.3 is 0 Å². The van der Waals surface area contributed by atoms with E-state index < -0.39 is 0 Å². The zero-order chi connectivity index (χ0) is 19.3. The van der Waals surface area contributed by atoms with Crippen LogP contribution < -0.4 is 9.80 Å². The van der Waals surface area contributed by atoms with Crippen LogP contribution in [0.15, 0.2) is 28.0 Å². The first-order valence-electron chi connectivity index (χ1n) is 11.0. The van der Waals surface area contributed by atoms with Gasteiger partial charge in [-0.3, -0.25) is 0 Å². The Morgan fingerprint density at radius 3 is 2.75 bits per heavy atom. The number of thioether (sulfide) groups is 1. The SMILES string of the molecule is CC(C)n1c(SCC[NH+]2CCCC2)nnc1[C@@H]1CCC[NH+](Cc2ccco2)C1. The molecule has 0 radical (unpaired) electrons. The van der Waals surface area contributed by atoms with Gasteiger partial charge < -0.3 is 18.8 Å². The average molecular weight is 406 g/mol. The van der Waals surface area contributed by atoms with Gasteiger partial charge in [0.15, 0.2) is 10.9 Å². The summed E-state index contributed by atoms with van der Waals surface area (Å²) in [4.78, 5) is 3.35. The molecule has 7 heteroatoms. The molecule has 2 aromatic heterocycles. The highest BCUT2D eigenvalue weighted by Crippen LogP contribution is 2.28. The lowest BCUT2D eigenvalue weighted by Gasteiger charge is -2.29. The van der Waals surface area contributed by atoms with Crippen LogP contribution in [0.4, 0.5) is 0 Å². The number of quaternary nitrogens is 2. The van der Waals surface area contributed by atoms with Crippen LogP contribution in [0.25, 0.3) is 0 Å². The highest BCUT2D eigenvalue weighted by molar-refractivity contribution is 7.99. The van der Waals surface area contributed by atoms with Crippen LogP contribution >= 0.6 is 11.8 Å². The minimum atomic E-state index is 0.405. The van der Waals surface area contributed by atoms with E-state index in [0.29, 0.717) is 12.0 Å². The third-order valence-corrected chi connectivity index (χ3v) is 7.14. The molecule has 2 saturated heterocycles. The summed E-state index contributed by atoms with van der Waals surface area (Å²) in [6.07, 6.45) is 7.02. The number of hydrogen-bond donors (Lipinski definition) is 2. The highest BCUT2D eigenvalue weighted by atomic mass is 32.2. The molecule has 0 aromatic carbocycles. The fourth-order valence-electron chi connectivity index (χ4n) is 4.75. The molecule has 2 N–H and O–H groups in total. The maximum absolute atomic E-state index is 5.57. The molecule has 0 aliphatic carbocycles. The van der Waals surface area contributed by atoms with Gasteiger partial charge in [0.2, 0.25) is 0 Å². The van der Waals surface area contributed by atoms with Crippen molar-refractivity contribution >= 4 is 11.8 Å². The minimum Gasteiger partial charge on any atom is -0.463 e. The number of piperidine rings is 1. The number of nitrogens with one attached hydrogen (secondary N) is 2. The van der Waals surface area contributed by atoms with Crippen molar-refractivity contribution in [1.82, 2.24) is 14.8 Å². The Balaban J connectivity index is 1.40. The summed E-state index contributed by atoms with van der Waals surface area (Å²) >= 11 is 1.90. The van der Waals surface area contributed by atoms with Gasteiger partial charge in [0.1, 0.15) is 12.4 Å². The molecule has 0 saturated carbocycles. The standard InChI is InChI=1S/C21H33N5OS/c1-17(2)26-20(22-23-21(26)28-14-12-24-9-3-4-10-24)18-7-5-11-25(15-18)16-19-8-6-13-27-19/h6,8,13,17-18H,3-5,7,9-12,14-16H2,1-2H3/p+2/t18-/m1/s1. The molecule has 2 aromatic rings. The molecule has 2 aliphatic rings. The molecule has 2 fully saturated rings. The molecule has 0 bridgehead atoms. The molecule has 2 atom stereocenters. The molecule has 0 spiro atoms. The van der Waals surface area contributed by atoms with Gasteiger partial charge in [-0.2, -0.15) is 0 Å². The van der Waals surface area contributed by atoms with Crippen LogP contribution in [0.2, 0.25) is 0 Å². The molecular formula is C21H35N5OS+2. The van der Waals surface area contributed by atoms with Gasteiger partial charge in [0.25, 0.3) is 0 Å². The third kappa shape index (κ3) is 4.81. The minimum absolute atomic E-state index is 0.405. The van der Waals surface area contributed by atoms with Crippen molar-refractivity contribution in [2.75, 3.05) is 38.5 Å². The van der Waals surface area contributed by atoms with Gasteiger partial charge in [-0.25, -0.2) is 0 Å². The van der Waals surface area contributed by atoms with Crippen molar-refractivity contribution in [3.05, 3.63) is 30.0 Å². The monoisotopic (exact) mass is 405 g/mol. The van der Waals surface area contributed by atoms with Crippen LogP contribution in [0.3, 0.4) is 0 Å². The fourth-order valence-corrected chi connectivity index (χ4v) is 5.87. The van der Waals surface area contributed by atoms with E-state index in [1.807, 2.05) is 17.8 Å². The second-order valence-electron chi connectivity index (χ2n) is 8.66. The molecule has 6 nitrogen and oxygen atoms in total. The Hall–Kier alpha value is -1.31. The fraction of sp³-hybridized carbons (Fsp3) is 0.714. The van der Waals surface area contributed by atoms with E-state index in [-0.39, 0.29) is 0 Å². The number of nitrogens with zero attached hydrogens (tertiary/aromatic N) is 3. The van der Waals surface area contributed by atoms with Gasteiger partial charge in [0, 0.05) is 18.9 Å². The first-order chi connectivity index (χ1) is 13.7. The summed E-state index contributed by atoms with van der Waals surface area (Å²) in [5.41, 5.74) is 0. The third-order valence-electron chi connectivity index (χ3n) is 6.19. The topological polar surface area (TPSA) is 52.7 Å². The lowest BCUT2D eigenvalue weighted by atomic mass is 9.97. The summed E-state index contributed by atoms with van der Waals surface area (Å²) < 4.78 is 7.98. The van der Waals surface area contributed by atoms with Crippen LogP contribution in [0, 0.1) is 0 Å². The number of likely N-dealkylation sites (tertiary alicyclic amines) is 2. The Morgan fingerprint density at radius 2 is 2.00 bits per heavy atom. The quantitative estimate of drug-likeness (QED) is 0.648. The maximum atomic E-state index is 5.57. The van der Waals surface area contributed by atoms with Gasteiger partial charge in [-0.15, -0.1) is 10.2 Å². The Bertz CT molecular complexity index is 723. The summed E-state index contributed by atoms with van der Waals surface area (Å²) in [6, 6.07) is 4.48. The molecule has 2 aliphatic heterocycles. The van der Waals surface area contributed by atoms with Gasteiger partial charge in [0.05, 0.1) is 50.7 Å². The van der Waals surface area contributed by atoms with E-state index in [9.17, 15) is 0 Å². The molecule has 0 amide bonds. The second kappa shape index (κ2) is 9.46. The molecular weight excluding hydrogens is 370 g/mol. The first kappa shape index (κ1) is 20.0. The van der Waals surface area contributed by atoms with Crippen molar-refractivity contribution in [3.8, 4) is 0 Å². The van der Waals surface area contributed by atoms with Gasteiger partial charge in [-0.05, 0) is 38.8 Å². The van der Waals surface area contributed by atoms with Crippen molar-refractivity contribution in [1.29, 1.82) is 0 Å². The predicted molar refractivity (Wildman–Crippen MR) is 111 cm³/mol. The zero-order valence-electron chi connectivity index (χ0n) is 17.3. The Kier molecular flexibility index (Phi) is 6.75. The second-order valence-corrected chi connectivity index (χ2v) is 9.72. The van der Waals surface area contributed by atoms with E-state index in [0.717, 1.165) is 29.8 Å². The van der Waals surface area contributed by atoms with Crippen molar-refractivity contribution in [2.24, 2.45) is 0 Å². The lowest BCUT2D eigenvalue weighted by Crippen LogP contribution is -3.12. The lowest BCUT2D eigenvalue weighted by molar-refractivity contribution is -0.921. The molecule has 4 heterocycles. The normalized spacial score (nSPS) is 23.7. The van der Waals surface area contributed by atoms with Crippen LogP contribution in [-0.2, 0) is 6.54 Å². The Labute approximate surface area is 172 Å². The van der Waals surface area contributed by atoms with E-state index in [1.165, 1.54) is 57.7 Å². The smallest absolute Gasteiger partial charge is 0.191 e. The summed E-state index contributed by atoms with van der Waals surface area (Å²) in [5.74, 6) is 3.91. The number of furan rings is 1. The van der Waals surface area contributed by atoms with Crippen LogP contribution in [-0.4, -0.2) is 53.2 Å². The number of hydrogen-bond acceptors (Lipinski definition) is 4. The van der Waals surface area contributed by atoms with E-state index in [4.69, 9.17) is 9.52 Å². The van der Waals surface area contributed by atoms with Crippen molar-refractivity contribution in [3.63, 3.8) is 0 Å². The Morgan fingerprint density at radius 1 is 1.18 bits per heavy atom. The van der Waals surface area contributed by atoms with E-state index >= 15 is 0 Å². The van der Waals surface area contributed by atoms with E-state index in [2.05, 4.69) is 29.6 Å². The van der Waals surface area contributed by atoms with Gasteiger partial charge in [-0.1, -0.05) is 11.8 Å².